The van der Waals surface area contributed by atoms with E-state index in [0.29, 0.717) is 17.3 Å². The number of rotatable bonds is 6. The van der Waals surface area contributed by atoms with E-state index in [4.69, 9.17) is 9.47 Å². The van der Waals surface area contributed by atoms with Crippen molar-refractivity contribution in [2.75, 3.05) is 7.11 Å². The summed E-state index contributed by atoms with van der Waals surface area (Å²) in [5, 5.41) is 3.15. The summed E-state index contributed by atoms with van der Waals surface area (Å²) in [6.07, 6.45) is 6.63. The van der Waals surface area contributed by atoms with Crippen molar-refractivity contribution in [3.8, 4) is 22.9 Å². The van der Waals surface area contributed by atoms with Crippen molar-refractivity contribution >= 4 is 5.91 Å². The summed E-state index contributed by atoms with van der Waals surface area (Å²) in [6.45, 7) is 0. The van der Waals surface area contributed by atoms with Crippen molar-refractivity contribution in [1.29, 1.82) is 0 Å². The van der Waals surface area contributed by atoms with Crippen LogP contribution in [0.4, 0.5) is 0 Å². The Morgan fingerprint density at radius 1 is 0.867 bits per heavy atom. The van der Waals surface area contributed by atoms with Gasteiger partial charge in [-0.05, 0) is 48.9 Å². The van der Waals surface area contributed by atoms with Crippen LogP contribution in [0.2, 0.25) is 0 Å². The van der Waals surface area contributed by atoms with Gasteiger partial charge in [0.15, 0.2) is 0 Å². The Kier molecular flexibility index (Phi) is 6.23. The lowest BCUT2D eigenvalue weighted by atomic mass is 9.92. The molecule has 30 heavy (non-hydrogen) atoms. The van der Waals surface area contributed by atoms with Gasteiger partial charge in [-0.25, -0.2) is 9.97 Å². The van der Waals surface area contributed by atoms with Crippen LogP contribution in [0.15, 0.2) is 67.0 Å². The zero-order valence-electron chi connectivity index (χ0n) is 17.0. The average Bonchev–Trinajstić information content (AvgIpc) is 2.81. The number of aromatic nitrogens is 2. The molecule has 154 valence electrons. The highest BCUT2D eigenvalue weighted by Gasteiger charge is 2.25. The summed E-state index contributed by atoms with van der Waals surface area (Å²) in [4.78, 5) is 20.9. The maximum absolute atomic E-state index is 12.6. The molecule has 6 heteroatoms. The van der Waals surface area contributed by atoms with E-state index in [2.05, 4.69) is 27.4 Å². The number of methoxy groups -OCH3 is 1. The van der Waals surface area contributed by atoms with E-state index < -0.39 is 0 Å². The number of carbonyl (C=O) groups is 1. The second kappa shape index (κ2) is 9.39. The molecule has 1 aliphatic carbocycles. The maximum atomic E-state index is 12.6. The van der Waals surface area contributed by atoms with Crippen molar-refractivity contribution in [2.24, 2.45) is 0 Å². The average molecular weight is 403 g/mol. The fraction of sp³-hybridized carbons (Fsp3) is 0.292. The van der Waals surface area contributed by atoms with Gasteiger partial charge in [-0.3, -0.25) is 4.79 Å². The number of amides is 1. The monoisotopic (exact) mass is 403 g/mol. The molecule has 1 heterocycles. The first-order valence-electron chi connectivity index (χ1n) is 10.2. The highest BCUT2D eigenvalue weighted by Crippen LogP contribution is 2.27. The normalized spacial score (nSPS) is 18.4. The third kappa shape index (κ3) is 4.76. The van der Waals surface area contributed by atoms with Crippen LogP contribution in [0.3, 0.4) is 0 Å². The third-order valence-corrected chi connectivity index (χ3v) is 5.37. The molecule has 6 nitrogen and oxygen atoms in total. The van der Waals surface area contributed by atoms with E-state index in [1.165, 1.54) is 0 Å². The summed E-state index contributed by atoms with van der Waals surface area (Å²) in [6, 6.07) is 18.0. The predicted molar refractivity (Wildman–Crippen MR) is 115 cm³/mol. The van der Waals surface area contributed by atoms with Gasteiger partial charge in [-0.15, -0.1) is 0 Å². The molecule has 1 amide bonds. The van der Waals surface area contributed by atoms with Crippen molar-refractivity contribution in [3.05, 3.63) is 72.6 Å². The van der Waals surface area contributed by atoms with Crippen LogP contribution in [-0.4, -0.2) is 35.1 Å². The fourth-order valence-electron chi connectivity index (χ4n) is 3.73. The molecule has 0 unspecified atom stereocenters. The Balaban J connectivity index is 1.29. The molecule has 0 atom stereocenters. The maximum Gasteiger partial charge on any atom is 0.278 e. The van der Waals surface area contributed by atoms with Crippen LogP contribution in [0.25, 0.3) is 11.1 Å². The van der Waals surface area contributed by atoms with Gasteiger partial charge >= 0.3 is 0 Å². The van der Waals surface area contributed by atoms with Crippen molar-refractivity contribution in [3.63, 3.8) is 0 Å². The molecule has 0 bridgehead atoms. The fourth-order valence-corrected chi connectivity index (χ4v) is 3.73. The lowest BCUT2D eigenvalue weighted by Gasteiger charge is -2.29. The summed E-state index contributed by atoms with van der Waals surface area (Å²) < 4.78 is 11.1. The van der Waals surface area contributed by atoms with Crippen molar-refractivity contribution in [1.82, 2.24) is 15.3 Å². The van der Waals surface area contributed by atoms with Crippen LogP contribution >= 0.6 is 0 Å². The van der Waals surface area contributed by atoms with Crippen molar-refractivity contribution < 1.29 is 14.3 Å². The standard InChI is InChI=1S/C24H25N3O3/c1-29-23-24(26-16-15-25-23)30-21-13-11-20(12-14-21)27-22(28)19-9-7-18(8-10-19)17-5-3-2-4-6-17/h2-10,15-16,20-21H,11-14H2,1H3,(H,27,28). The van der Waals surface area contributed by atoms with Gasteiger partial charge in [0.1, 0.15) is 6.10 Å². The minimum Gasteiger partial charge on any atom is -0.477 e. The lowest BCUT2D eigenvalue weighted by molar-refractivity contribution is 0.0886. The molecule has 0 spiro atoms. The minimum absolute atomic E-state index is 0.0328. The summed E-state index contributed by atoms with van der Waals surface area (Å²) >= 11 is 0. The molecule has 0 saturated heterocycles. The number of hydrogen-bond acceptors (Lipinski definition) is 5. The van der Waals surface area contributed by atoms with Crippen LogP contribution in [0.1, 0.15) is 36.0 Å². The zero-order chi connectivity index (χ0) is 20.8. The molecule has 0 radical (unpaired) electrons. The first kappa shape index (κ1) is 19.9. The van der Waals surface area contributed by atoms with E-state index in [9.17, 15) is 4.79 Å². The highest BCUT2D eigenvalue weighted by molar-refractivity contribution is 5.94. The van der Waals surface area contributed by atoms with Gasteiger partial charge in [0.05, 0.1) is 7.11 Å². The molecule has 2 aromatic carbocycles. The molecule has 1 N–H and O–H groups in total. The number of carbonyl (C=O) groups excluding carboxylic acids is 1. The molecular weight excluding hydrogens is 378 g/mol. The smallest absolute Gasteiger partial charge is 0.278 e. The topological polar surface area (TPSA) is 73.3 Å². The number of nitrogens with one attached hydrogen (secondary N) is 1. The SMILES string of the molecule is COc1nccnc1OC1CCC(NC(=O)c2ccc(-c3ccccc3)cc2)CC1. The first-order valence-corrected chi connectivity index (χ1v) is 10.2. The molecule has 1 fully saturated rings. The molecule has 0 aliphatic heterocycles. The van der Waals surface area contributed by atoms with Gasteiger partial charge in [0.25, 0.3) is 17.7 Å². The van der Waals surface area contributed by atoms with E-state index in [0.717, 1.165) is 36.8 Å². The molecular formula is C24H25N3O3. The van der Waals surface area contributed by atoms with E-state index in [1.54, 1.807) is 19.5 Å². The van der Waals surface area contributed by atoms with Crippen LogP contribution in [0.5, 0.6) is 11.8 Å². The second-order valence-corrected chi connectivity index (χ2v) is 7.38. The van der Waals surface area contributed by atoms with Gasteiger partial charge in [-0.1, -0.05) is 42.5 Å². The quantitative estimate of drug-likeness (QED) is 0.665. The highest BCUT2D eigenvalue weighted by atomic mass is 16.5. The molecule has 3 aromatic rings. The van der Waals surface area contributed by atoms with E-state index in [-0.39, 0.29) is 18.1 Å². The Bertz CT molecular complexity index is 969. The Labute approximate surface area is 176 Å². The number of hydrogen-bond donors (Lipinski definition) is 1. The molecule has 1 aliphatic rings. The van der Waals surface area contributed by atoms with Crippen LogP contribution < -0.4 is 14.8 Å². The largest absolute Gasteiger partial charge is 0.477 e. The number of nitrogens with zero attached hydrogens (tertiary/aromatic N) is 2. The van der Waals surface area contributed by atoms with Gasteiger partial charge in [0, 0.05) is 24.0 Å². The predicted octanol–water partition coefficient (Wildman–Crippen LogP) is 4.27. The van der Waals surface area contributed by atoms with E-state index >= 15 is 0 Å². The summed E-state index contributed by atoms with van der Waals surface area (Å²) in [7, 11) is 1.55. The van der Waals surface area contributed by atoms with Crippen molar-refractivity contribution in [2.45, 2.75) is 37.8 Å². The summed E-state index contributed by atoms with van der Waals surface area (Å²) in [5.41, 5.74) is 2.92. The van der Waals surface area contributed by atoms with Gasteiger partial charge < -0.3 is 14.8 Å². The molecule has 1 saturated carbocycles. The second-order valence-electron chi connectivity index (χ2n) is 7.38. The summed E-state index contributed by atoms with van der Waals surface area (Å²) in [5.74, 6) is 0.785. The van der Waals surface area contributed by atoms with Crippen LogP contribution in [-0.2, 0) is 0 Å². The van der Waals surface area contributed by atoms with Crippen LogP contribution in [0, 0.1) is 0 Å². The Morgan fingerprint density at radius 3 is 2.17 bits per heavy atom. The minimum atomic E-state index is -0.0328. The first-order chi connectivity index (χ1) is 14.7. The Hall–Kier alpha value is -3.41. The number of benzene rings is 2. The lowest BCUT2D eigenvalue weighted by Crippen LogP contribution is -2.39. The molecule has 4 rings (SSSR count). The zero-order valence-corrected chi connectivity index (χ0v) is 17.0. The van der Waals surface area contributed by atoms with E-state index in [1.807, 2.05) is 42.5 Å². The third-order valence-electron chi connectivity index (χ3n) is 5.37. The number of ether oxygens (including phenoxy) is 2. The Morgan fingerprint density at radius 2 is 1.50 bits per heavy atom. The van der Waals surface area contributed by atoms with Gasteiger partial charge in [0.2, 0.25) is 0 Å². The van der Waals surface area contributed by atoms with Gasteiger partial charge in [-0.2, -0.15) is 0 Å². The molecule has 1 aromatic heterocycles.